The van der Waals surface area contributed by atoms with Gasteiger partial charge in [0.25, 0.3) is 0 Å². The number of pyridine rings is 1. The second kappa shape index (κ2) is 6.80. The van der Waals surface area contributed by atoms with Gasteiger partial charge in [-0.1, -0.05) is 0 Å². The first-order chi connectivity index (χ1) is 10.9. The molecule has 1 fully saturated rings. The van der Waals surface area contributed by atoms with Crippen molar-refractivity contribution in [2.45, 2.75) is 26.3 Å². The fourth-order valence-electron chi connectivity index (χ4n) is 2.44. The highest BCUT2D eigenvalue weighted by Gasteiger charge is 2.38. The Balaban J connectivity index is 1.90. The first kappa shape index (κ1) is 17.0. The Bertz CT molecular complexity index is 600. The van der Waals surface area contributed by atoms with Gasteiger partial charge in [-0.2, -0.15) is 0 Å². The van der Waals surface area contributed by atoms with Gasteiger partial charge in [-0.15, -0.1) is 0 Å². The molecule has 1 aliphatic rings. The van der Waals surface area contributed by atoms with E-state index < -0.39 is 17.2 Å². The van der Waals surface area contributed by atoms with Crippen molar-refractivity contribution in [3.05, 3.63) is 23.8 Å². The molecule has 1 aromatic heterocycles. The van der Waals surface area contributed by atoms with Gasteiger partial charge in [-0.05, 0) is 19.8 Å². The van der Waals surface area contributed by atoms with E-state index in [9.17, 15) is 19.1 Å². The van der Waals surface area contributed by atoms with Crippen LogP contribution < -0.4 is 10.1 Å². The number of ether oxygens (including phenoxy) is 1. The Labute approximate surface area is 133 Å². The fourth-order valence-corrected chi connectivity index (χ4v) is 2.44. The van der Waals surface area contributed by atoms with Gasteiger partial charge in [0.15, 0.2) is 11.6 Å². The largest absolute Gasteiger partial charge is 0.494 e. The molecular formula is C15H20FN3O4. The summed E-state index contributed by atoms with van der Waals surface area (Å²) in [5.41, 5.74) is -0.706. The molecule has 1 saturated heterocycles. The van der Waals surface area contributed by atoms with E-state index in [1.54, 1.807) is 6.92 Å². The van der Waals surface area contributed by atoms with Crippen molar-refractivity contribution >= 4 is 12.0 Å². The summed E-state index contributed by atoms with van der Waals surface area (Å²) in [6.45, 7) is 2.32. The van der Waals surface area contributed by atoms with E-state index in [2.05, 4.69) is 10.3 Å². The monoisotopic (exact) mass is 325 g/mol. The molecule has 1 aromatic rings. The predicted molar refractivity (Wildman–Crippen MR) is 79.5 cm³/mol. The number of amides is 2. The van der Waals surface area contributed by atoms with Gasteiger partial charge in [-0.25, -0.2) is 9.18 Å². The van der Waals surface area contributed by atoms with Crippen LogP contribution >= 0.6 is 0 Å². The summed E-state index contributed by atoms with van der Waals surface area (Å²) in [6, 6.07) is 1.04. The van der Waals surface area contributed by atoms with E-state index in [0.717, 1.165) is 0 Å². The number of carbonyl (C=O) groups is 2. The summed E-state index contributed by atoms with van der Waals surface area (Å²) < 4.78 is 18.8. The average Bonchev–Trinajstić information content (AvgIpc) is 2.54. The van der Waals surface area contributed by atoms with E-state index in [4.69, 9.17) is 4.74 Å². The fraction of sp³-hybridized carbons (Fsp3) is 0.533. The smallest absolute Gasteiger partial charge is 0.317 e. The molecule has 126 valence electrons. The van der Waals surface area contributed by atoms with Crippen LogP contribution in [0.2, 0.25) is 0 Å². The van der Waals surface area contributed by atoms with Gasteiger partial charge in [-0.3, -0.25) is 9.78 Å². The molecule has 2 rings (SSSR count). The number of carboxylic acids is 1. The van der Waals surface area contributed by atoms with Crippen LogP contribution in [0, 0.1) is 11.2 Å². The molecule has 0 bridgehead atoms. The summed E-state index contributed by atoms with van der Waals surface area (Å²) >= 11 is 0. The molecule has 0 aromatic carbocycles. The molecule has 0 saturated carbocycles. The van der Waals surface area contributed by atoms with Crippen LogP contribution in [-0.4, -0.2) is 47.2 Å². The Morgan fingerprint density at radius 3 is 2.70 bits per heavy atom. The summed E-state index contributed by atoms with van der Waals surface area (Å²) in [6.07, 6.45) is 2.19. The van der Waals surface area contributed by atoms with Crippen LogP contribution in [0.4, 0.5) is 9.18 Å². The number of nitrogens with one attached hydrogen (secondary N) is 1. The highest BCUT2D eigenvalue weighted by atomic mass is 19.1. The van der Waals surface area contributed by atoms with Crippen molar-refractivity contribution in [1.29, 1.82) is 0 Å². The lowest BCUT2D eigenvalue weighted by Crippen LogP contribution is -2.48. The van der Waals surface area contributed by atoms with E-state index in [0.29, 0.717) is 25.9 Å². The molecule has 2 heterocycles. The van der Waals surface area contributed by atoms with Gasteiger partial charge in [0.2, 0.25) is 0 Å². The first-order valence-electron chi connectivity index (χ1n) is 7.31. The highest BCUT2D eigenvalue weighted by molar-refractivity contribution is 5.76. The van der Waals surface area contributed by atoms with Gasteiger partial charge in [0, 0.05) is 25.4 Å². The zero-order chi connectivity index (χ0) is 17.0. The number of hydrogen-bond acceptors (Lipinski definition) is 4. The van der Waals surface area contributed by atoms with Crippen molar-refractivity contribution in [3.63, 3.8) is 0 Å². The van der Waals surface area contributed by atoms with Crippen LogP contribution in [0.3, 0.4) is 0 Å². The number of carbonyl (C=O) groups excluding carboxylic acids is 1. The number of carboxylic acid groups (broad SMARTS) is 1. The molecule has 0 aliphatic carbocycles. The second-order valence-electron chi connectivity index (χ2n) is 5.79. The van der Waals surface area contributed by atoms with Crippen molar-refractivity contribution in [2.24, 2.45) is 5.41 Å². The first-order valence-corrected chi connectivity index (χ1v) is 7.31. The van der Waals surface area contributed by atoms with Crippen LogP contribution in [0.25, 0.3) is 0 Å². The molecule has 23 heavy (non-hydrogen) atoms. The predicted octanol–water partition coefficient (Wildman–Crippen LogP) is 1.63. The maximum atomic E-state index is 13.9. The quantitative estimate of drug-likeness (QED) is 0.878. The van der Waals surface area contributed by atoms with Crippen LogP contribution in [0.1, 0.15) is 25.5 Å². The van der Waals surface area contributed by atoms with E-state index in [1.165, 1.54) is 24.3 Å². The number of piperidine rings is 1. The standard InChI is InChI=1S/C15H20FN3O4/c1-15(13(20)21)4-7-19(8-5-15)14(22)18-9-10-12(16)11(23-2)3-6-17-10/h3,6H,4-5,7-9H2,1-2H3,(H,18,22)(H,20,21). The number of rotatable bonds is 4. The summed E-state index contributed by atoms with van der Waals surface area (Å²) in [5, 5.41) is 11.8. The van der Waals surface area contributed by atoms with Crippen molar-refractivity contribution in [2.75, 3.05) is 20.2 Å². The summed E-state index contributed by atoms with van der Waals surface area (Å²) in [5.74, 6) is -1.38. The van der Waals surface area contributed by atoms with E-state index >= 15 is 0 Å². The van der Waals surface area contributed by atoms with Gasteiger partial charge in [0.1, 0.15) is 0 Å². The van der Waals surface area contributed by atoms with Crippen molar-refractivity contribution in [1.82, 2.24) is 15.2 Å². The molecular weight excluding hydrogens is 305 g/mol. The third-order valence-electron chi connectivity index (χ3n) is 4.22. The SMILES string of the molecule is COc1ccnc(CNC(=O)N2CCC(C)(C(=O)O)CC2)c1F. The van der Waals surface area contributed by atoms with Gasteiger partial charge < -0.3 is 20.1 Å². The van der Waals surface area contributed by atoms with Crippen molar-refractivity contribution in [3.8, 4) is 5.75 Å². The maximum absolute atomic E-state index is 13.9. The minimum atomic E-state index is -0.847. The minimum absolute atomic E-state index is 0.0609. The maximum Gasteiger partial charge on any atom is 0.317 e. The van der Waals surface area contributed by atoms with Crippen molar-refractivity contribution < 1.29 is 23.8 Å². The lowest BCUT2D eigenvalue weighted by molar-refractivity contribution is -0.150. The number of likely N-dealkylation sites (tertiary alicyclic amines) is 1. The van der Waals surface area contributed by atoms with Gasteiger partial charge in [0.05, 0.1) is 24.8 Å². The number of nitrogens with zero attached hydrogens (tertiary/aromatic N) is 2. The molecule has 0 spiro atoms. The molecule has 0 unspecified atom stereocenters. The number of halogens is 1. The topological polar surface area (TPSA) is 91.8 Å². The molecule has 7 nitrogen and oxygen atoms in total. The molecule has 0 radical (unpaired) electrons. The molecule has 2 N–H and O–H groups in total. The van der Waals surface area contributed by atoms with E-state index in [-0.39, 0.29) is 24.0 Å². The molecule has 2 amide bonds. The number of aromatic nitrogens is 1. The van der Waals surface area contributed by atoms with E-state index in [1.807, 2.05) is 0 Å². The normalized spacial score (nSPS) is 16.7. The zero-order valence-corrected chi connectivity index (χ0v) is 13.1. The zero-order valence-electron chi connectivity index (χ0n) is 13.1. The number of methoxy groups -OCH3 is 1. The Kier molecular flexibility index (Phi) is 5.02. The number of urea groups is 1. The van der Waals surface area contributed by atoms with Crippen LogP contribution in [0.5, 0.6) is 5.75 Å². The van der Waals surface area contributed by atoms with Gasteiger partial charge >= 0.3 is 12.0 Å². The average molecular weight is 325 g/mol. The third kappa shape index (κ3) is 3.69. The third-order valence-corrected chi connectivity index (χ3v) is 4.22. The second-order valence-corrected chi connectivity index (χ2v) is 5.79. The minimum Gasteiger partial charge on any atom is -0.494 e. The number of hydrogen-bond donors (Lipinski definition) is 2. The molecule has 1 aliphatic heterocycles. The van der Waals surface area contributed by atoms with Crippen LogP contribution in [-0.2, 0) is 11.3 Å². The Morgan fingerprint density at radius 1 is 1.48 bits per heavy atom. The summed E-state index contributed by atoms with van der Waals surface area (Å²) in [7, 11) is 1.36. The molecule has 0 atom stereocenters. The highest BCUT2D eigenvalue weighted by Crippen LogP contribution is 2.31. The molecule has 8 heteroatoms. The lowest BCUT2D eigenvalue weighted by atomic mass is 9.80. The van der Waals surface area contributed by atoms with Crippen LogP contribution in [0.15, 0.2) is 12.3 Å². The Morgan fingerprint density at radius 2 is 2.13 bits per heavy atom. The Hall–Kier alpha value is -2.38. The number of aliphatic carboxylic acids is 1. The lowest BCUT2D eigenvalue weighted by Gasteiger charge is -2.36. The summed E-state index contributed by atoms with van der Waals surface area (Å²) in [4.78, 5) is 28.7.